The molecule has 25 heavy (non-hydrogen) atoms. The van der Waals surface area contributed by atoms with Crippen molar-refractivity contribution in [2.24, 2.45) is 5.10 Å². The van der Waals surface area contributed by atoms with Crippen LogP contribution in [0.3, 0.4) is 0 Å². The van der Waals surface area contributed by atoms with Crippen molar-refractivity contribution in [2.45, 2.75) is 38.0 Å². The summed E-state index contributed by atoms with van der Waals surface area (Å²) in [5, 5.41) is 4.01. The molecule has 1 N–H and O–H groups in total. The molecule has 0 aromatic heterocycles. The maximum absolute atomic E-state index is 12.4. The van der Waals surface area contributed by atoms with E-state index >= 15 is 0 Å². The summed E-state index contributed by atoms with van der Waals surface area (Å²) >= 11 is 0. The Hall–Kier alpha value is -2.34. The first kappa shape index (κ1) is 19.0. The lowest BCUT2D eigenvalue weighted by Crippen LogP contribution is -2.20. The van der Waals surface area contributed by atoms with Crippen LogP contribution in [0.25, 0.3) is 0 Å². The van der Waals surface area contributed by atoms with Gasteiger partial charge >= 0.3 is 0 Å². The zero-order chi connectivity index (χ0) is 18.7. The Bertz CT molecular complexity index is 847. The Morgan fingerprint density at radius 1 is 1.00 bits per heavy atom. The van der Waals surface area contributed by atoms with Crippen molar-refractivity contribution < 1.29 is 13.2 Å². The molecular weight excluding hydrogens is 336 g/mol. The molecule has 2 rings (SSSR count). The molecule has 0 aliphatic carbocycles. The van der Waals surface area contributed by atoms with Crippen molar-refractivity contribution in [3.63, 3.8) is 0 Å². The lowest BCUT2D eigenvalue weighted by Gasteiger charge is -2.19. The summed E-state index contributed by atoms with van der Waals surface area (Å²) in [7, 11) is -2.11. The van der Waals surface area contributed by atoms with Gasteiger partial charge in [-0.05, 0) is 59.9 Å². The highest BCUT2D eigenvalue weighted by Gasteiger charge is 2.17. The number of hydrogen-bond donors (Lipinski definition) is 1. The van der Waals surface area contributed by atoms with Crippen molar-refractivity contribution in [1.82, 2.24) is 4.83 Å². The number of sulfonamides is 1. The summed E-state index contributed by atoms with van der Waals surface area (Å²) in [4.78, 5) is 2.48. The second-order valence-corrected chi connectivity index (χ2v) is 8.46. The van der Waals surface area contributed by atoms with E-state index < -0.39 is 10.0 Å². The maximum Gasteiger partial charge on any atom is 0.276 e. The lowest BCUT2D eigenvalue weighted by molar-refractivity contribution is 0.415. The molecule has 2 aromatic carbocycles. The molecule has 0 saturated heterocycles. The fraction of sp³-hybridized carbons (Fsp3) is 0.316. The molecule has 0 amide bonds. The fourth-order valence-corrected chi connectivity index (χ4v) is 3.07. The van der Waals surface area contributed by atoms with Crippen molar-refractivity contribution in [3.05, 3.63) is 59.7 Å². The van der Waals surface area contributed by atoms with Crippen LogP contribution >= 0.6 is 0 Å². The number of hydrazone groups is 1. The second-order valence-electron chi connectivity index (χ2n) is 6.79. The quantitative estimate of drug-likeness (QED) is 0.653. The van der Waals surface area contributed by atoms with Gasteiger partial charge in [-0.1, -0.05) is 32.9 Å². The third-order valence-corrected chi connectivity index (χ3v) is 5.10. The topological polar surface area (TPSA) is 67.8 Å². The minimum atomic E-state index is -3.70. The molecule has 0 saturated carbocycles. The highest BCUT2D eigenvalue weighted by Crippen LogP contribution is 2.23. The zero-order valence-electron chi connectivity index (χ0n) is 15.2. The maximum atomic E-state index is 12.4. The highest BCUT2D eigenvalue weighted by atomic mass is 32.2. The molecule has 0 atom stereocenters. The summed E-state index contributed by atoms with van der Waals surface area (Å²) in [6.45, 7) is 7.98. The number of nitrogens with one attached hydrogen (secondary N) is 1. The number of rotatable bonds is 5. The van der Waals surface area contributed by atoms with Crippen LogP contribution in [0.4, 0.5) is 0 Å². The molecule has 0 fully saturated rings. The smallest absolute Gasteiger partial charge is 0.276 e. The van der Waals surface area contributed by atoms with Crippen LogP contribution in [0.15, 0.2) is 58.5 Å². The van der Waals surface area contributed by atoms with Crippen LogP contribution in [0.5, 0.6) is 5.75 Å². The minimum Gasteiger partial charge on any atom is -0.497 e. The molecule has 2 aromatic rings. The van der Waals surface area contributed by atoms with Gasteiger partial charge in [0.25, 0.3) is 10.0 Å². The molecule has 0 radical (unpaired) electrons. The van der Waals surface area contributed by atoms with Gasteiger partial charge in [0.1, 0.15) is 5.75 Å². The SMILES string of the molecule is COc1ccc(C(C)=NNS(=O)(=O)c2ccc(C(C)(C)C)cc2)cc1. The van der Waals surface area contributed by atoms with E-state index in [9.17, 15) is 8.42 Å². The van der Waals surface area contributed by atoms with Crippen LogP contribution in [0.2, 0.25) is 0 Å². The van der Waals surface area contributed by atoms with Gasteiger partial charge in [0.15, 0.2) is 0 Å². The van der Waals surface area contributed by atoms with Gasteiger partial charge in [0.05, 0.1) is 17.7 Å². The van der Waals surface area contributed by atoms with Gasteiger partial charge in [-0.3, -0.25) is 0 Å². The third kappa shape index (κ3) is 4.82. The number of nitrogens with zero attached hydrogens (tertiary/aromatic N) is 1. The number of methoxy groups -OCH3 is 1. The Balaban J connectivity index is 2.17. The molecular formula is C19H24N2O3S. The van der Waals surface area contributed by atoms with Gasteiger partial charge in [-0.25, -0.2) is 0 Å². The summed E-state index contributed by atoms with van der Waals surface area (Å²) in [5.41, 5.74) is 2.42. The number of benzene rings is 2. The second kappa shape index (κ2) is 7.27. The number of ether oxygens (including phenoxy) is 1. The van der Waals surface area contributed by atoms with Gasteiger partial charge in [-0.2, -0.15) is 18.4 Å². The molecule has 0 aliphatic rings. The average Bonchev–Trinajstić information content (AvgIpc) is 2.59. The largest absolute Gasteiger partial charge is 0.497 e. The molecule has 6 heteroatoms. The molecule has 0 unspecified atom stereocenters. The van der Waals surface area contributed by atoms with Gasteiger partial charge < -0.3 is 4.74 Å². The van der Waals surface area contributed by atoms with Crippen LogP contribution in [0.1, 0.15) is 38.8 Å². The minimum absolute atomic E-state index is 0.0289. The van der Waals surface area contributed by atoms with E-state index in [-0.39, 0.29) is 10.3 Å². The lowest BCUT2D eigenvalue weighted by atomic mass is 9.87. The van der Waals surface area contributed by atoms with Crippen LogP contribution < -0.4 is 9.57 Å². The summed E-state index contributed by atoms with van der Waals surface area (Å²) in [6.07, 6.45) is 0. The normalized spacial score (nSPS) is 12.8. The first-order valence-corrected chi connectivity index (χ1v) is 9.43. The first-order chi connectivity index (χ1) is 11.6. The van der Waals surface area contributed by atoms with E-state index in [1.165, 1.54) is 0 Å². The monoisotopic (exact) mass is 360 g/mol. The Kier molecular flexibility index (Phi) is 5.52. The third-order valence-electron chi connectivity index (χ3n) is 3.87. The van der Waals surface area contributed by atoms with Crippen molar-refractivity contribution in [2.75, 3.05) is 7.11 Å². The van der Waals surface area contributed by atoms with Gasteiger partial charge in [-0.15, -0.1) is 0 Å². The van der Waals surface area contributed by atoms with Crippen LogP contribution in [-0.2, 0) is 15.4 Å². The molecule has 0 bridgehead atoms. The van der Waals surface area contributed by atoms with Crippen molar-refractivity contribution in [1.29, 1.82) is 0 Å². The van der Waals surface area contributed by atoms with E-state index in [4.69, 9.17) is 4.74 Å². The summed E-state index contributed by atoms with van der Waals surface area (Å²) in [5.74, 6) is 0.732. The summed E-state index contributed by atoms with van der Waals surface area (Å²) in [6, 6.07) is 14.1. The predicted molar refractivity (Wildman–Crippen MR) is 101 cm³/mol. The fourth-order valence-electron chi connectivity index (χ4n) is 2.21. The van der Waals surface area contributed by atoms with E-state index in [1.54, 1.807) is 38.3 Å². The predicted octanol–water partition coefficient (Wildman–Crippen LogP) is 3.70. The van der Waals surface area contributed by atoms with Crippen molar-refractivity contribution >= 4 is 15.7 Å². The molecule has 0 spiro atoms. The van der Waals surface area contributed by atoms with Crippen molar-refractivity contribution in [3.8, 4) is 5.75 Å². The van der Waals surface area contributed by atoms with E-state index in [0.29, 0.717) is 5.71 Å². The zero-order valence-corrected chi connectivity index (χ0v) is 16.0. The van der Waals surface area contributed by atoms with Crippen LogP contribution in [0, 0.1) is 0 Å². The molecule has 0 heterocycles. The highest BCUT2D eigenvalue weighted by molar-refractivity contribution is 7.89. The Morgan fingerprint density at radius 2 is 1.56 bits per heavy atom. The Morgan fingerprint density at radius 3 is 2.04 bits per heavy atom. The Labute approximate surface area is 149 Å². The summed E-state index contributed by atoms with van der Waals surface area (Å²) < 4.78 is 29.9. The molecule has 0 aliphatic heterocycles. The van der Waals surface area contributed by atoms with E-state index in [0.717, 1.165) is 16.9 Å². The number of hydrogen-bond acceptors (Lipinski definition) is 4. The molecule has 134 valence electrons. The standard InChI is InChI=1S/C19H24N2O3S/c1-14(15-6-10-17(24-5)11-7-15)20-21-25(22,23)18-12-8-16(9-13-18)19(2,3)4/h6-13,21H,1-5H3. The van der Waals surface area contributed by atoms with Crippen LogP contribution in [-0.4, -0.2) is 21.2 Å². The first-order valence-electron chi connectivity index (χ1n) is 7.94. The molecule has 5 nitrogen and oxygen atoms in total. The average molecular weight is 360 g/mol. The van der Waals surface area contributed by atoms with E-state index in [1.807, 2.05) is 24.3 Å². The van der Waals surface area contributed by atoms with E-state index in [2.05, 4.69) is 30.7 Å². The van der Waals surface area contributed by atoms with Gasteiger partial charge in [0, 0.05) is 0 Å². The van der Waals surface area contributed by atoms with Gasteiger partial charge in [0.2, 0.25) is 0 Å².